The van der Waals surface area contributed by atoms with Gasteiger partial charge in [0.15, 0.2) is 5.75 Å². The van der Waals surface area contributed by atoms with E-state index in [0.29, 0.717) is 0 Å². The fourth-order valence-corrected chi connectivity index (χ4v) is 2.42. The molecule has 102 valence electrons. The van der Waals surface area contributed by atoms with Gasteiger partial charge in [-0.15, -0.1) is 0 Å². The summed E-state index contributed by atoms with van der Waals surface area (Å²) >= 11 is 6.07. The molecule has 0 saturated heterocycles. The summed E-state index contributed by atoms with van der Waals surface area (Å²) in [6.07, 6.45) is 1.74. The monoisotopic (exact) mass is 279 g/mol. The second-order valence-electron chi connectivity index (χ2n) is 4.19. The number of aryl methyl sites for hydroxylation is 1. The summed E-state index contributed by atoms with van der Waals surface area (Å²) in [5, 5.41) is 8.36. The van der Waals surface area contributed by atoms with Gasteiger partial charge in [0.1, 0.15) is 5.69 Å². The van der Waals surface area contributed by atoms with E-state index in [2.05, 4.69) is 17.3 Å². The molecule has 0 spiro atoms. The number of halogens is 1. The van der Waals surface area contributed by atoms with Gasteiger partial charge in [-0.25, -0.2) is 0 Å². The molecule has 0 aliphatic heterocycles. The summed E-state index contributed by atoms with van der Waals surface area (Å²) < 4.78 is 7.34. The van der Waals surface area contributed by atoms with E-state index >= 15 is 0 Å². The maximum atomic E-state index is 6.07. The normalized spacial score (nSPS) is 12.4. The molecule has 0 bridgehead atoms. The number of nitrogens with one attached hydrogen (secondary N) is 1. The molecule has 1 N–H and O–H groups in total. The van der Waals surface area contributed by atoms with E-state index in [1.807, 2.05) is 36.0 Å². The highest BCUT2D eigenvalue weighted by molar-refractivity contribution is 6.30. The summed E-state index contributed by atoms with van der Waals surface area (Å²) in [4.78, 5) is 0. The Morgan fingerprint density at radius 2 is 2.26 bits per heavy atom. The van der Waals surface area contributed by atoms with Crippen molar-refractivity contribution in [1.82, 2.24) is 15.1 Å². The summed E-state index contributed by atoms with van der Waals surface area (Å²) in [5.74, 6) is 0.779. The van der Waals surface area contributed by atoms with Gasteiger partial charge in [0.05, 0.1) is 19.3 Å². The lowest BCUT2D eigenvalue weighted by atomic mass is 10.0. The Labute approximate surface area is 118 Å². The van der Waals surface area contributed by atoms with E-state index in [1.165, 1.54) is 0 Å². The van der Waals surface area contributed by atoms with Gasteiger partial charge in [-0.3, -0.25) is 4.68 Å². The molecule has 4 nitrogen and oxygen atoms in total. The molecule has 1 aromatic heterocycles. The minimum atomic E-state index is -0.00361. The molecule has 1 heterocycles. The minimum absolute atomic E-state index is 0.00361. The molecule has 0 fully saturated rings. The van der Waals surface area contributed by atoms with Crippen molar-refractivity contribution < 1.29 is 4.74 Å². The Morgan fingerprint density at radius 3 is 2.84 bits per heavy atom. The van der Waals surface area contributed by atoms with Crippen LogP contribution in [-0.4, -0.2) is 23.9 Å². The molecular weight excluding hydrogens is 262 g/mol. The van der Waals surface area contributed by atoms with Gasteiger partial charge in [-0.2, -0.15) is 5.10 Å². The van der Waals surface area contributed by atoms with Crippen molar-refractivity contribution in [2.75, 3.05) is 14.2 Å². The number of rotatable bonds is 5. The van der Waals surface area contributed by atoms with Crippen LogP contribution < -0.4 is 10.1 Å². The van der Waals surface area contributed by atoms with Gasteiger partial charge in [-0.05, 0) is 31.7 Å². The Bertz CT molecular complexity index is 532. The van der Waals surface area contributed by atoms with Gasteiger partial charge in [-0.1, -0.05) is 23.7 Å². The smallest absolute Gasteiger partial charge is 0.161 e. The van der Waals surface area contributed by atoms with Crippen molar-refractivity contribution in [3.8, 4) is 5.75 Å². The Morgan fingerprint density at radius 1 is 1.47 bits per heavy atom. The number of aromatic nitrogens is 2. The lowest BCUT2D eigenvalue weighted by molar-refractivity contribution is 0.401. The van der Waals surface area contributed by atoms with Crippen molar-refractivity contribution in [2.24, 2.45) is 0 Å². The quantitative estimate of drug-likeness (QED) is 0.915. The summed E-state index contributed by atoms with van der Waals surface area (Å²) in [6, 6.07) is 7.80. The predicted molar refractivity (Wildman–Crippen MR) is 76.8 cm³/mol. The van der Waals surface area contributed by atoms with Crippen LogP contribution in [0.1, 0.15) is 24.2 Å². The van der Waals surface area contributed by atoms with Crippen LogP contribution in [0, 0.1) is 0 Å². The second kappa shape index (κ2) is 6.08. The molecule has 0 aliphatic rings. The molecule has 1 aromatic carbocycles. The zero-order valence-electron chi connectivity index (χ0n) is 11.4. The Kier molecular flexibility index (Phi) is 4.45. The van der Waals surface area contributed by atoms with Crippen LogP contribution >= 0.6 is 11.6 Å². The van der Waals surface area contributed by atoms with Gasteiger partial charge < -0.3 is 10.1 Å². The van der Waals surface area contributed by atoms with Crippen molar-refractivity contribution in [3.63, 3.8) is 0 Å². The molecule has 5 heteroatoms. The van der Waals surface area contributed by atoms with Crippen molar-refractivity contribution in [2.45, 2.75) is 19.5 Å². The molecule has 2 rings (SSSR count). The highest BCUT2D eigenvalue weighted by atomic mass is 35.5. The van der Waals surface area contributed by atoms with Crippen LogP contribution in [0.4, 0.5) is 0 Å². The van der Waals surface area contributed by atoms with E-state index in [1.54, 1.807) is 13.3 Å². The third kappa shape index (κ3) is 2.74. The van der Waals surface area contributed by atoms with E-state index in [-0.39, 0.29) is 6.04 Å². The third-order valence-electron chi connectivity index (χ3n) is 3.11. The SMILES string of the molecule is CCn1ncc(OC)c1C(NC)c1cccc(Cl)c1. The number of hydrogen-bond acceptors (Lipinski definition) is 3. The topological polar surface area (TPSA) is 39.1 Å². The van der Waals surface area contributed by atoms with E-state index in [4.69, 9.17) is 16.3 Å². The molecule has 1 unspecified atom stereocenters. The molecule has 2 aromatic rings. The molecule has 0 saturated carbocycles. The average molecular weight is 280 g/mol. The van der Waals surface area contributed by atoms with Crippen molar-refractivity contribution in [1.29, 1.82) is 0 Å². The standard InChI is InChI=1S/C14H18ClN3O/c1-4-18-14(12(19-3)9-17-18)13(16-2)10-6-5-7-11(15)8-10/h5-9,13,16H,4H2,1-3H3. The van der Waals surface area contributed by atoms with E-state index in [9.17, 15) is 0 Å². The van der Waals surface area contributed by atoms with E-state index < -0.39 is 0 Å². The number of benzene rings is 1. The number of hydrogen-bond donors (Lipinski definition) is 1. The first-order valence-electron chi connectivity index (χ1n) is 6.23. The fourth-order valence-electron chi connectivity index (χ4n) is 2.23. The van der Waals surface area contributed by atoms with Gasteiger partial charge >= 0.3 is 0 Å². The summed E-state index contributed by atoms with van der Waals surface area (Å²) in [6.45, 7) is 2.85. The van der Waals surface area contributed by atoms with E-state index in [0.717, 1.165) is 28.6 Å². The number of nitrogens with zero attached hydrogens (tertiary/aromatic N) is 2. The van der Waals surface area contributed by atoms with Gasteiger partial charge in [0.2, 0.25) is 0 Å². The van der Waals surface area contributed by atoms with Crippen LogP contribution in [0.25, 0.3) is 0 Å². The van der Waals surface area contributed by atoms with Crippen molar-refractivity contribution >= 4 is 11.6 Å². The lowest BCUT2D eigenvalue weighted by Gasteiger charge is -2.19. The molecule has 19 heavy (non-hydrogen) atoms. The Balaban J connectivity index is 2.50. The summed E-state index contributed by atoms with van der Waals surface area (Å²) in [5.41, 5.74) is 2.10. The fraction of sp³-hybridized carbons (Fsp3) is 0.357. The first-order valence-corrected chi connectivity index (χ1v) is 6.61. The molecule has 0 aliphatic carbocycles. The average Bonchev–Trinajstić information content (AvgIpc) is 2.83. The lowest BCUT2D eigenvalue weighted by Crippen LogP contribution is -2.22. The van der Waals surface area contributed by atoms with Gasteiger partial charge in [0, 0.05) is 11.6 Å². The number of ether oxygens (including phenoxy) is 1. The minimum Gasteiger partial charge on any atom is -0.493 e. The highest BCUT2D eigenvalue weighted by Crippen LogP contribution is 2.30. The first kappa shape index (κ1) is 13.9. The van der Waals surface area contributed by atoms with Gasteiger partial charge in [0.25, 0.3) is 0 Å². The molecule has 0 radical (unpaired) electrons. The van der Waals surface area contributed by atoms with Crippen LogP contribution in [0.2, 0.25) is 5.02 Å². The molecule has 0 amide bonds. The van der Waals surface area contributed by atoms with Crippen molar-refractivity contribution in [3.05, 3.63) is 46.7 Å². The largest absolute Gasteiger partial charge is 0.493 e. The highest BCUT2D eigenvalue weighted by Gasteiger charge is 2.21. The Hall–Kier alpha value is -1.52. The zero-order valence-corrected chi connectivity index (χ0v) is 12.1. The van der Waals surface area contributed by atoms with Crippen LogP contribution in [0.3, 0.4) is 0 Å². The van der Waals surface area contributed by atoms with Crippen LogP contribution in [-0.2, 0) is 6.54 Å². The third-order valence-corrected chi connectivity index (χ3v) is 3.34. The molecular formula is C14H18ClN3O. The van der Waals surface area contributed by atoms with Crippen LogP contribution in [0.5, 0.6) is 5.75 Å². The second-order valence-corrected chi connectivity index (χ2v) is 4.63. The number of methoxy groups -OCH3 is 1. The first-order chi connectivity index (χ1) is 9.21. The maximum absolute atomic E-state index is 6.07. The maximum Gasteiger partial charge on any atom is 0.161 e. The predicted octanol–water partition coefficient (Wildman–Crippen LogP) is 2.87. The molecule has 1 atom stereocenters. The zero-order chi connectivity index (χ0) is 13.8. The van der Waals surface area contributed by atoms with Crippen LogP contribution in [0.15, 0.2) is 30.5 Å². The summed E-state index contributed by atoms with van der Waals surface area (Å²) in [7, 11) is 3.57.